The number of hydrogen-bond acceptors (Lipinski definition) is 2. The summed E-state index contributed by atoms with van der Waals surface area (Å²) >= 11 is 9.66. The van der Waals surface area contributed by atoms with Crippen LogP contribution in [0.1, 0.15) is 23.0 Å². The molecule has 1 aromatic heterocycles. The molecule has 108 valence electrons. The summed E-state index contributed by atoms with van der Waals surface area (Å²) in [6.07, 6.45) is -0.291. The number of rotatable bonds is 3. The molecule has 0 aliphatic heterocycles. The molecule has 1 heterocycles. The van der Waals surface area contributed by atoms with Crippen LogP contribution in [0, 0.1) is 6.92 Å². The van der Waals surface area contributed by atoms with Crippen molar-refractivity contribution in [2.75, 3.05) is 0 Å². The minimum atomic E-state index is -0.718. The van der Waals surface area contributed by atoms with Crippen LogP contribution in [0.2, 0.25) is 5.02 Å². The van der Waals surface area contributed by atoms with E-state index in [1.807, 2.05) is 49.4 Å². The number of halogens is 2. The summed E-state index contributed by atoms with van der Waals surface area (Å²) in [7, 11) is 0. The number of aliphatic hydroxyl groups is 1. The van der Waals surface area contributed by atoms with Crippen molar-refractivity contribution in [1.82, 2.24) is 0 Å². The lowest BCUT2D eigenvalue weighted by Crippen LogP contribution is -2.01. The van der Waals surface area contributed by atoms with Crippen LogP contribution in [0.15, 0.2) is 51.4 Å². The summed E-state index contributed by atoms with van der Waals surface area (Å²) in [5.41, 5.74) is 2.77. The number of para-hydroxylation sites is 1. The van der Waals surface area contributed by atoms with Crippen molar-refractivity contribution in [1.29, 1.82) is 0 Å². The summed E-state index contributed by atoms with van der Waals surface area (Å²) in [6.45, 7) is 1.99. The highest BCUT2D eigenvalue weighted by Crippen LogP contribution is 2.31. The average Bonchev–Trinajstić information content (AvgIpc) is 2.87. The van der Waals surface area contributed by atoms with Gasteiger partial charge >= 0.3 is 0 Å². The maximum atomic E-state index is 10.4. The molecule has 2 aromatic carbocycles. The summed E-state index contributed by atoms with van der Waals surface area (Å²) in [5.74, 6) is 0.550. The Kier molecular flexibility index (Phi) is 4.07. The molecule has 1 atom stereocenters. The molecule has 0 amide bonds. The average molecular weight is 366 g/mol. The number of aryl methyl sites for hydroxylation is 1. The summed E-state index contributed by atoms with van der Waals surface area (Å²) in [6, 6.07) is 13.5. The van der Waals surface area contributed by atoms with Crippen molar-refractivity contribution >= 4 is 38.5 Å². The minimum absolute atomic E-state index is 0.427. The molecule has 0 radical (unpaired) electrons. The van der Waals surface area contributed by atoms with Crippen LogP contribution in [-0.4, -0.2) is 5.11 Å². The van der Waals surface area contributed by atoms with Crippen molar-refractivity contribution in [3.05, 3.63) is 68.8 Å². The van der Waals surface area contributed by atoms with Gasteiger partial charge in [-0.2, -0.15) is 0 Å². The van der Waals surface area contributed by atoms with Gasteiger partial charge in [-0.3, -0.25) is 0 Å². The molecule has 21 heavy (non-hydrogen) atoms. The third kappa shape index (κ3) is 3.00. The second-order valence-electron chi connectivity index (χ2n) is 5.12. The number of furan rings is 1. The van der Waals surface area contributed by atoms with E-state index in [0.29, 0.717) is 17.2 Å². The van der Waals surface area contributed by atoms with Crippen LogP contribution < -0.4 is 0 Å². The second-order valence-corrected chi connectivity index (χ2v) is 6.38. The molecule has 0 aliphatic rings. The van der Waals surface area contributed by atoms with Crippen molar-refractivity contribution < 1.29 is 9.52 Å². The zero-order valence-electron chi connectivity index (χ0n) is 11.4. The molecule has 0 aliphatic carbocycles. The number of hydrogen-bond donors (Lipinski definition) is 1. The van der Waals surface area contributed by atoms with Crippen LogP contribution in [0.5, 0.6) is 0 Å². The monoisotopic (exact) mass is 364 g/mol. The highest BCUT2D eigenvalue weighted by atomic mass is 79.9. The van der Waals surface area contributed by atoms with E-state index in [0.717, 1.165) is 26.6 Å². The second kappa shape index (κ2) is 5.84. The molecule has 1 N–H and O–H groups in total. The summed E-state index contributed by atoms with van der Waals surface area (Å²) < 4.78 is 6.64. The normalized spacial score (nSPS) is 12.8. The first-order chi connectivity index (χ1) is 10.0. The van der Waals surface area contributed by atoms with Gasteiger partial charge in [-0.1, -0.05) is 35.9 Å². The highest BCUT2D eigenvalue weighted by Gasteiger charge is 2.16. The smallest absolute Gasteiger partial charge is 0.148 e. The fourth-order valence-electron chi connectivity index (χ4n) is 2.34. The first-order valence-electron chi connectivity index (χ1n) is 6.65. The quantitative estimate of drug-likeness (QED) is 0.671. The maximum absolute atomic E-state index is 10.4. The molecule has 0 saturated heterocycles. The van der Waals surface area contributed by atoms with E-state index >= 15 is 0 Å². The molecule has 0 fully saturated rings. The van der Waals surface area contributed by atoms with Gasteiger partial charge in [0.25, 0.3) is 0 Å². The fraction of sp³-hybridized carbons (Fsp3) is 0.176. The third-order valence-electron chi connectivity index (χ3n) is 3.47. The molecule has 3 rings (SSSR count). The highest BCUT2D eigenvalue weighted by molar-refractivity contribution is 9.10. The van der Waals surface area contributed by atoms with Gasteiger partial charge in [0.05, 0.1) is 4.47 Å². The van der Waals surface area contributed by atoms with E-state index in [1.165, 1.54) is 0 Å². The maximum Gasteiger partial charge on any atom is 0.148 e. The summed E-state index contributed by atoms with van der Waals surface area (Å²) in [5, 5.41) is 12.0. The number of aliphatic hydroxyl groups excluding tert-OH is 1. The van der Waals surface area contributed by atoms with Gasteiger partial charge in [0.1, 0.15) is 17.4 Å². The van der Waals surface area contributed by atoms with E-state index in [4.69, 9.17) is 16.0 Å². The van der Waals surface area contributed by atoms with Crippen molar-refractivity contribution in [2.24, 2.45) is 0 Å². The van der Waals surface area contributed by atoms with Gasteiger partial charge in [-0.05, 0) is 52.2 Å². The standard InChI is InChI=1S/C17H14BrClO2/c1-10-5-6-11(14(19)7-10)8-15(20)16-9-12-3-2-4-13(18)17(12)21-16/h2-7,9,15,20H,8H2,1H3. The number of benzene rings is 2. The molecule has 0 saturated carbocycles. The molecule has 2 nitrogen and oxygen atoms in total. The molecule has 0 spiro atoms. The first-order valence-corrected chi connectivity index (χ1v) is 7.83. The Hall–Kier alpha value is -1.29. The van der Waals surface area contributed by atoms with Crippen LogP contribution in [0.4, 0.5) is 0 Å². The van der Waals surface area contributed by atoms with E-state index in [-0.39, 0.29) is 0 Å². The van der Waals surface area contributed by atoms with Crippen LogP contribution in [0.3, 0.4) is 0 Å². The molecular weight excluding hydrogens is 352 g/mol. The lowest BCUT2D eigenvalue weighted by Gasteiger charge is -2.09. The number of fused-ring (bicyclic) bond motifs is 1. The van der Waals surface area contributed by atoms with E-state index < -0.39 is 6.10 Å². The molecule has 1 unspecified atom stereocenters. The van der Waals surface area contributed by atoms with Crippen LogP contribution in [0.25, 0.3) is 11.0 Å². The SMILES string of the molecule is Cc1ccc(CC(O)c2cc3cccc(Br)c3o2)c(Cl)c1. The van der Waals surface area contributed by atoms with Gasteiger partial charge in [0.15, 0.2) is 0 Å². The van der Waals surface area contributed by atoms with Gasteiger partial charge in [-0.15, -0.1) is 0 Å². The van der Waals surface area contributed by atoms with Gasteiger partial charge in [0.2, 0.25) is 0 Å². The Labute approximate surface area is 136 Å². The van der Waals surface area contributed by atoms with Crippen molar-refractivity contribution in [3.8, 4) is 0 Å². The van der Waals surface area contributed by atoms with E-state index in [2.05, 4.69) is 15.9 Å². The largest absolute Gasteiger partial charge is 0.457 e. The third-order valence-corrected chi connectivity index (χ3v) is 4.44. The predicted molar refractivity (Wildman–Crippen MR) is 88.8 cm³/mol. The predicted octanol–water partition coefficient (Wildman–Crippen LogP) is 5.43. The van der Waals surface area contributed by atoms with Gasteiger partial charge in [0, 0.05) is 16.8 Å². The van der Waals surface area contributed by atoms with E-state index in [9.17, 15) is 5.11 Å². The van der Waals surface area contributed by atoms with Crippen molar-refractivity contribution in [3.63, 3.8) is 0 Å². The lowest BCUT2D eigenvalue weighted by molar-refractivity contribution is 0.152. The Bertz CT molecular complexity index is 795. The topological polar surface area (TPSA) is 33.4 Å². The summed E-state index contributed by atoms with van der Waals surface area (Å²) in [4.78, 5) is 0. The minimum Gasteiger partial charge on any atom is -0.457 e. The fourth-order valence-corrected chi connectivity index (χ4v) is 3.11. The van der Waals surface area contributed by atoms with E-state index in [1.54, 1.807) is 0 Å². The van der Waals surface area contributed by atoms with Crippen LogP contribution in [-0.2, 0) is 6.42 Å². The zero-order chi connectivity index (χ0) is 15.0. The molecule has 3 aromatic rings. The Morgan fingerprint density at radius 3 is 2.76 bits per heavy atom. The Balaban J connectivity index is 1.90. The van der Waals surface area contributed by atoms with Crippen LogP contribution >= 0.6 is 27.5 Å². The molecular formula is C17H14BrClO2. The zero-order valence-corrected chi connectivity index (χ0v) is 13.8. The Morgan fingerprint density at radius 1 is 1.24 bits per heavy atom. The lowest BCUT2D eigenvalue weighted by atomic mass is 10.0. The molecule has 0 bridgehead atoms. The van der Waals surface area contributed by atoms with Crippen molar-refractivity contribution in [2.45, 2.75) is 19.4 Å². The van der Waals surface area contributed by atoms with Gasteiger partial charge in [-0.25, -0.2) is 0 Å². The first kappa shape index (κ1) is 14.6. The van der Waals surface area contributed by atoms with Gasteiger partial charge < -0.3 is 9.52 Å². The molecule has 4 heteroatoms. The Morgan fingerprint density at radius 2 is 2.05 bits per heavy atom.